The molecule has 0 saturated heterocycles. The van der Waals surface area contributed by atoms with Gasteiger partial charge < -0.3 is 14.9 Å². The summed E-state index contributed by atoms with van der Waals surface area (Å²) >= 11 is 1.66. The largest absolute Gasteiger partial charge is 0.491 e. The summed E-state index contributed by atoms with van der Waals surface area (Å²) in [7, 11) is 0. The molecule has 0 aromatic heterocycles. The van der Waals surface area contributed by atoms with Gasteiger partial charge in [-0.15, -0.1) is 11.8 Å². The first-order chi connectivity index (χ1) is 6.76. The lowest BCUT2D eigenvalue weighted by Gasteiger charge is -2.09. The average Bonchev–Trinajstić information content (AvgIpc) is 2.26. The molecular formula is C10H14O3S. The molecule has 0 aliphatic rings. The van der Waals surface area contributed by atoms with Gasteiger partial charge in [0.15, 0.2) is 0 Å². The maximum atomic E-state index is 9.04. The maximum absolute atomic E-state index is 9.04. The van der Waals surface area contributed by atoms with Gasteiger partial charge in [0.05, 0.1) is 6.61 Å². The normalized spacial score (nSPS) is 12.5. The molecule has 1 rings (SSSR count). The quantitative estimate of drug-likeness (QED) is 0.722. The minimum absolute atomic E-state index is 0.120. The molecule has 0 amide bonds. The van der Waals surface area contributed by atoms with Crippen molar-refractivity contribution in [3.63, 3.8) is 0 Å². The van der Waals surface area contributed by atoms with Crippen LogP contribution in [-0.2, 0) is 0 Å². The Kier molecular flexibility index (Phi) is 4.79. The van der Waals surface area contributed by atoms with Crippen molar-refractivity contribution in [2.75, 3.05) is 19.5 Å². The van der Waals surface area contributed by atoms with Crippen LogP contribution in [0.15, 0.2) is 29.2 Å². The van der Waals surface area contributed by atoms with Crippen LogP contribution in [-0.4, -0.2) is 35.8 Å². The lowest BCUT2D eigenvalue weighted by Crippen LogP contribution is -2.21. The van der Waals surface area contributed by atoms with Gasteiger partial charge in [0, 0.05) is 4.90 Å². The lowest BCUT2D eigenvalue weighted by atomic mass is 10.3. The minimum atomic E-state index is -0.810. The first kappa shape index (κ1) is 11.4. The van der Waals surface area contributed by atoms with Gasteiger partial charge in [-0.3, -0.25) is 0 Å². The first-order valence-electron chi connectivity index (χ1n) is 4.32. The summed E-state index contributed by atoms with van der Waals surface area (Å²) in [5.41, 5.74) is 0. The monoisotopic (exact) mass is 214 g/mol. The predicted molar refractivity (Wildman–Crippen MR) is 56.8 cm³/mol. The highest BCUT2D eigenvalue weighted by Gasteiger charge is 2.02. The molecular weight excluding hydrogens is 200 g/mol. The Bertz CT molecular complexity index is 261. The summed E-state index contributed by atoms with van der Waals surface area (Å²) in [6, 6.07) is 7.59. The number of hydrogen-bond donors (Lipinski definition) is 2. The van der Waals surface area contributed by atoms with Crippen LogP contribution >= 0.6 is 11.8 Å². The molecule has 0 radical (unpaired) electrons. The van der Waals surface area contributed by atoms with Crippen molar-refractivity contribution in [2.24, 2.45) is 0 Å². The van der Waals surface area contributed by atoms with Crippen LogP contribution in [0.1, 0.15) is 0 Å². The molecule has 2 N–H and O–H groups in total. The van der Waals surface area contributed by atoms with Gasteiger partial charge in [-0.05, 0) is 30.5 Å². The molecule has 1 unspecified atom stereocenters. The molecule has 1 aromatic carbocycles. The van der Waals surface area contributed by atoms with E-state index < -0.39 is 6.10 Å². The zero-order chi connectivity index (χ0) is 10.4. The van der Waals surface area contributed by atoms with Crippen LogP contribution in [0.3, 0.4) is 0 Å². The maximum Gasteiger partial charge on any atom is 0.119 e. The van der Waals surface area contributed by atoms with Crippen LogP contribution < -0.4 is 4.74 Å². The molecule has 4 heteroatoms. The molecule has 0 aliphatic carbocycles. The van der Waals surface area contributed by atoms with Gasteiger partial charge in [0.1, 0.15) is 18.5 Å². The third-order valence-corrected chi connectivity index (χ3v) is 2.46. The Labute approximate surface area is 87.7 Å². The van der Waals surface area contributed by atoms with E-state index in [1.165, 1.54) is 4.90 Å². The van der Waals surface area contributed by atoms with Crippen LogP contribution in [0.5, 0.6) is 5.75 Å². The molecule has 1 atom stereocenters. The Balaban J connectivity index is 2.43. The fourth-order valence-corrected chi connectivity index (χ4v) is 1.33. The number of aliphatic hydroxyl groups excluding tert-OH is 2. The van der Waals surface area contributed by atoms with E-state index in [4.69, 9.17) is 14.9 Å². The smallest absolute Gasteiger partial charge is 0.119 e. The molecule has 3 nitrogen and oxygen atoms in total. The topological polar surface area (TPSA) is 49.7 Å². The Hall–Kier alpha value is -0.710. The van der Waals surface area contributed by atoms with Crippen molar-refractivity contribution in [3.8, 4) is 5.75 Å². The number of aliphatic hydroxyl groups is 2. The molecule has 1 aromatic rings. The van der Waals surface area contributed by atoms with Crippen molar-refractivity contribution >= 4 is 11.8 Å². The average molecular weight is 214 g/mol. The first-order valence-corrected chi connectivity index (χ1v) is 5.54. The highest BCUT2D eigenvalue weighted by atomic mass is 32.2. The Morgan fingerprint density at radius 1 is 1.36 bits per heavy atom. The van der Waals surface area contributed by atoms with Crippen LogP contribution in [0.25, 0.3) is 0 Å². The fraction of sp³-hybridized carbons (Fsp3) is 0.400. The van der Waals surface area contributed by atoms with Crippen molar-refractivity contribution in [3.05, 3.63) is 24.3 Å². The van der Waals surface area contributed by atoms with Crippen LogP contribution in [0, 0.1) is 0 Å². The highest BCUT2D eigenvalue weighted by molar-refractivity contribution is 7.98. The van der Waals surface area contributed by atoms with E-state index in [0.29, 0.717) is 5.75 Å². The van der Waals surface area contributed by atoms with Gasteiger partial charge in [0.25, 0.3) is 0 Å². The van der Waals surface area contributed by atoms with Gasteiger partial charge in [-0.2, -0.15) is 0 Å². The van der Waals surface area contributed by atoms with Gasteiger partial charge in [-0.25, -0.2) is 0 Å². The molecule has 0 fully saturated rings. The van der Waals surface area contributed by atoms with E-state index in [-0.39, 0.29) is 13.2 Å². The zero-order valence-corrected chi connectivity index (χ0v) is 8.83. The summed E-state index contributed by atoms with van der Waals surface area (Å²) in [6.07, 6.45) is 1.20. The van der Waals surface area contributed by atoms with E-state index in [1.807, 2.05) is 30.5 Å². The minimum Gasteiger partial charge on any atom is -0.491 e. The fourth-order valence-electron chi connectivity index (χ4n) is 0.917. The number of hydrogen-bond acceptors (Lipinski definition) is 4. The van der Waals surface area contributed by atoms with E-state index in [0.717, 1.165) is 0 Å². The van der Waals surface area contributed by atoms with Crippen molar-refractivity contribution in [2.45, 2.75) is 11.0 Å². The summed E-state index contributed by atoms with van der Waals surface area (Å²) in [4.78, 5) is 1.17. The summed E-state index contributed by atoms with van der Waals surface area (Å²) in [6.45, 7) is -0.155. The van der Waals surface area contributed by atoms with E-state index in [1.54, 1.807) is 11.8 Å². The molecule has 0 bridgehead atoms. The van der Waals surface area contributed by atoms with Crippen LogP contribution in [0.4, 0.5) is 0 Å². The van der Waals surface area contributed by atoms with E-state index in [2.05, 4.69) is 0 Å². The standard InChI is InChI=1S/C10H14O3S/c1-14-10-4-2-9(3-5-10)13-7-8(12)6-11/h2-5,8,11-12H,6-7H2,1H3. The molecule has 0 aliphatic heterocycles. The second kappa shape index (κ2) is 5.90. The van der Waals surface area contributed by atoms with Gasteiger partial charge in [0.2, 0.25) is 0 Å². The molecule has 0 saturated carbocycles. The van der Waals surface area contributed by atoms with E-state index in [9.17, 15) is 0 Å². The third-order valence-electron chi connectivity index (χ3n) is 1.71. The van der Waals surface area contributed by atoms with Crippen LogP contribution in [0.2, 0.25) is 0 Å². The number of ether oxygens (including phenoxy) is 1. The number of rotatable bonds is 5. The van der Waals surface area contributed by atoms with Gasteiger partial charge >= 0.3 is 0 Å². The second-order valence-electron chi connectivity index (χ2n) is 2.82. The molecule has 78 valence electrons. The second-order valence-corrected chi connectivity index (χ2v) is 3.70. The third kappa shape index (κ3) is 3.57. The number of thioether (sulfide) groups is 1. The zero-order valence-electron chi connectivity index (χ0n) is 8.01. The lowest BCUT2D eigenvalue weighted by molar-refractivity contribution is 0.0536. The molecule has 0 spiro atoms. The van der Waals surface area contributed by atoms with Crippen molar-refractivity contribution < 1.29 is 14.9 Å². The molecule has 14 heavy (non-hydrogen) atoms. The van der Waals surface area contributed by atoms with Crippen molar-refractivity contribution in [1.29, 1.82) is 0 Å². The predicted octanol–water partition coefficient (Wildman–Crippen LogP) is 1.14. The summed E-state index contributed by atoms with van der Waals surface area (Å²) in [5.74, 6) is 0.704. The SMILES string of the molecule is CSc1ccc(OCC(O)CO)cc1. The van der Waals surface area contributed by atoms with Gasteiger partial charge in [-0.1, -0.05) is 0 Å². The Morgan fingerprint density at radius 2 is 2.00 bits per heavy atom. The highest BCUT2D eigenvalue weighted by Crippen LogP contribution is 2.18. The summed E-state index contributed by atoms with van der Waals surface area (Å²) < 4.78 is 5.24. The summed E-state index contributed by atoms with van der Waals surface area (Å²) in [5, 5.41) is 17.6. The molecule has 0 heterocycles. The van der Waals surface area contributed by atoms with Crippen molar-refractivity contribution in [1.82, 2.24) is 0 Å². The Morgan fingerprint density at radius 3 is 2.50 bits per heavy atom. The number of benzene rings is 1. The van der Waals surface area contributed by atoms with E-state index >= 15 is 0 Å².